The number of benzene rings is 1. The number of amides is 1. The van der Waals surface area contributed by atoms with E-state index in [2.05, 4.69) is 23.5 Å². The van der Waals surface area contributed by atoms with Crippen LogP contribution in [0.3, 0.4) is 0 Å². The van der Waals surface area contributed by atoms with Gasteiger partial charge in [-0.3, -0.25) is 4.79 Å². The number of hydrogen-bond acceptors (Lipinski definition) is 4. The lowest BCUT2D eigenvalue weighted by atomic mass is 10.1. The Balaban J connectivity index is 1.49. The van der Waals surface area contributed by atoms with Gasteiger partial charge in [-0.15, -0.1) is 0 Å². The van der Waals surface area contributed by atoms with Crippen molar-refractivity contribution in [1.82, 2.24) is 10.5 Å². The van der Waals surface area contributed by atoms with Crippen LogP contribution in [-0.4, -0.2) is 23.2 Å². The fraction of sp³-hybridized carbons (Fsp3) is 0.412. The Bertz CT molecular complexity index is 718. The molecule has 1 aromatic heterocycles. The summed E-state index contributed by atoms with van der Waals surface area (Å²) >= 11 is 0. The van der Waals surface area contributed by atoms with Crippen LogP contribution in [0, 0.1) is 0 Å². The zero-order valence-electron chi connectivity index (χ0n) is 12.5. The molecule has 2 heterocycles. The maximum absolute atomic E-state index is 11.8. The number of carbonyl (C=O) groups is 1. The first kappa shape index (κ1) is 13.4. The molecule has 0 spiro atoms. The van der Waals surface area contributed by atoms with Gasteiger partial charge in [0.25, 0.3) is 0 Å². The molecule has 2 aromatic rings. The van der Waals surface area contributed by atoms with Gasteiger partial charge in [0.05, 0.1) is 12.1 Å². The molecule has 0 unspecified atom stereocenters. The molecule has 1 atom stereocenters. The molecule has 2 aliphatic rings. The molecular weight excluding hydrogens is 280 g/mol. The Hall–Kier alpha value is -2.30. The summed E-state index contributed by atoms with van der Waals surface area (Å²) in [4.78, 5) is 11.8. The standard InChI is InChI=1S/C17H18N2O3/c1-10-6-12-7-11(2-5-15(12)21-10)16-8-14(19-22-16)9-17(20)18-13-3-4-13/h2,5,7-8,10,13H,3-4,6,9H2,1H3,(H,18,20)/t10-/m1/s1. The topological polar surface area (TPSA) is 64.4 Å². The van der Waals surface area contributed by atoms with Crippen LogP contribution in [0.2, 0.25) is 0 Å². The molecule has 1 aliphatic carbocycles. The summed E-state index contributed by atoms with van der Waals surface area (Å²) < 4.78 is 11.1. The van der Waals surface area contributed by atoms with Crippen molar-refractivity contribution in [1.29, 1.82) is 0 Å². The number of carbonyl (C=O) groups excluding carboxylic acids is 1. The van der Waals surface area contributed by atoms with Crippen LogP contribution in [0.5, 0.6) is 5.75 Å². The maximum Gasteiger partial charge on any atom is 0.226 e. The number of fused-ring (bicyclic) bond motifs is 1. The van der Waals surface area contributed by atoms with Crippen molar-refractivity contribution in [3.63, 3.8) is 0 Å². The van der Waals surface area contributed by atoms with Gasteiger partial charge < -0.3 is 14.6 Å². The number of aromatic nitrogens is 1. The molecule has 1 aromatic carbocycles. The first-order chi connectivity index (χ1) is 10.7. The van der Waals surface area contributed by atoms with E-state index in [1.165, 1.54) is 5.56 Å². The molecule has 4 rings (SSSR count). The maximum atomic E-state index is 11.8. The van der Waals surface area contributed by atoms with Gasteiger partial charge in [0.15, 0.2) is 5.76 Å². The van der Waals surface area contributed by atoms with Gasteiger partial charge in [0, 0.05) is 24.1 Å². The summed E-state index contributed by atoms with van der Waals surface area (Å²) in [7, 11) is 0. The average Bonchev–Trinajstić information content (AvgIpc) is 3.03. The van der Waals surface area contributed by atoms with E-state index in [9.17, 15) is 4.79 Å². The molecule has 0 bridgehead atoms. The molecule has 0 radical (unpaired) electrons. The number of nitrogens with zero attached hydrogens (tertiary/aromatic N) is 1. The van der Waals surface area contributed by atoms with Crippen molar-refractivity contribution in [2.75, 3.05) is 0 Å². The summed E-state index contributed by atoms with van der Waals surface area (Å²) in [5, 5.41) is 6.95. The molecule has 0 saturated heterocycles. The third-order valence-corrected chi connectivity index (χ3v) is 4.02. The number of rotatable bonds is 4. The lowest BCUT2D eigenvalue weighted by molar-refractivity contribution is -0.120. The van der Waals surface area contributed by atoms with Crippen LogP contribution in [0.15, 0.2) is 28.8 Å². The quantitative estimate of drug-likeness (QED) is 0.942. The van der Waals surface area contributed by atoms with Crippen molar-refractivity contribution in [2.45, 2.75) is 44.8 Å². The van der Waals surface area contributed by atoms with E-state index in [0.29, 0.717) is 17.5 Å². The molecule has 1 aliphatic heterocycles. The highest BCUT2D eigenvalue weighted by atomic mass is 16.5. The Morgan fingerprint density at radius 3 is 3.05 bits per heavy atom. The smallest absolute Gasteiger partial charge is 0.226 e. The Morgan fingerprint density at radius 1 is 1.36 bits per heavy atom. The first-order valence-electron chi connectivity index (χ1n) is 7.72. The molecule has 1 amide bonds. The minimum atomic E-state index is 0.0125. The van der Waals surface area contributed by atoms with E-state index in [1.54, 1.807) is 0 Å². The van der Waals surface area contributed by atoms with Gasteiger partial charge >= 0.3 is 0 Å². The van der Waals surface area contributed by atoms with Crippen LogP contribution in [0.25, 0.3) is 11.3 Å². The second-order valence-corrected chi connectivity index (χ2v) is 6.16. The van der Waals surface area contributed by atoms with E-state index in [1.807, 2.05) is 18.2 Å². The average molecular weight is 298 g/mol. The van der Waals surface area contributed by atoms with Gasteiger partial charge in [0.1, 0.15) is 11.9 Å². The molecule has 114 valence electrons. The second-order valence-electron chi connectivity index (χ2n) is 6.16. The highest BCUT2D eigenvalue weighted by molar-refractivity contribution is 5.79. The van der Waals surface area contributed by atoms with Gasteiger partial charge in [-0.1, -0.05) is 5.16 Å². The molecule has 1 saturated carbocycles. The van der Waals surface area contributed by atoms with E-state index in [4.69, 9.17) is 9.26 Å². The SMILES string of the molecule is C[C@@H]1Cc2cc(-c3cc(CC(=O)NC4CC4)no3)ccc2O1. The minimum Gasteiger partial charge on any atom is -0.490 e. The zero-order chi connectivity index (χ0) is 15.1. The third kappa shape index (κ3) is 2.71. The van der Waals surface area contributed by atoms with Crippen LogP contribution in [0.4, 0.5) is 0 Å². The predicted molar refractivity (Wildman–Crippen MR) is 80.6 cm³/mol. The summed E-state index contributed by atoms with van der Waals surface area (Å²) in [6.45, 7) is 2.06. The van der Waals surface area contributed by atoms with Gasteiger partial charge in [-0.25, -0.2) is 0 Å². The number of hydrogen-bond donors (Lipinski definition) is 1. The van der Waals surface area contributed by atoms with Crippen LogP contribution < -0.4 is 10.1 Å². The van der Waals surface area contributed by atoms with Crippen molar-refractivity contribution in [3.8, 4) is 17.1 Å². The fourth-order valence-electron chi connectivity index (χ4n) is 2.78. The summed E-state index contributed by atoms with van der Waals surface area (Å²) in [5.74, 6) is 1.65. The fourth-order valence-corrected chi connectivity index (χ4v) is 2.78. The minimum absolute atomic E-state index is 0.0125. The summed E-state index contributed by atoms with van der Waals surface area (Å²) in [6.07, 6.45) is 3.58. The molecule has 5 heteroatoms. The van der Waals surface area contributed by atoms with Crippen LogP contribution in [-0.2, 0) is 17.6 Å². The molecule has 1 N–H and O–H groups in total. The highest BCUT2D eigenvalue weighted by Crippen LogP contribution is 2.33. The molecule has 5 nitrogen and oxygen atoms in total. The van der Waals surface area contributed by atoms with Crippen molar-refractivity contribution < 1.29 is 14.1 Å². The zero-order valence-corrected chi connectivity index (χ0v) is 12.5. The first-order valence-corrected chi connectivity index (χ1v) is 7.72. The molecule has 22 heavy (non-hydrogen) atoms. The summed E-state index contributed by atoms with van der Waals surface area (Å²) in [6, 6.07) is 8.22. The lowest BCUT2D eigenvalue weighted by Gasteiger charge is -2.02. The van der Waals surface area contributed by atoms with Crippen molar-refractivity contribution in [3.05, 3.63) is 35.5 Å². The van der Waals surface area contributed by atoms with Gasteiger partial charge in [-0.2, -0.15) is 0 Å². The largest absolute Gasteiger partial charge is 0.490 e. The second kappa shape index (κ2) is 5.16. The van der Waals surface area contributed by atoms with Crippen LogP contribution >= 0.6 is 0 Å². The van der Waals surface area contributed by atoms with Crippen LogP contribution in [0.1, 0.15) is 31.0 Å². The number of nitrogens with one attached hydrogen (secondary N) is 1. The van der Waals surface area contributed by atoms with E-state index in [0.717, 1.165) is 30.6 Å². The predicted octanol–water partition coefficient (Wildman–Crippen LogP) is 2.49. The molecular formula is C17H18N2O3. The van der Waals surface area contributed by atoms with Gasteiger partial charge in [0.2, 0.25) is 5.91 Å². The van der Waals surface area contributed by atoms with E-state index < -0.39 is 0 Å². The normalized spacial score (nSPS) is 19.6. The summed E-state index contributed by atoms with van der Waals surface area (Å²) in [5.41, 5.74) is 2.82. The highest BCUT2D eigenvalue weighted by Gasteiger charge is 2.24. The lowest BCUT2D eigenvalue weighted by Crippen LogP contribution is -2.27. The Kier molecular flexibility index (Phi) is 3.13. The Labute approximate surface area is 128 Å². The van der Waals surface area contributed by atoms with Gasteiger partial charge in [-0.05, 0) is 43.5 Å². The van der Waals surface area contributed by atoms with E-state index >= 15 is 0 Å². The monoisotopic (exact) mass is 298 g/mol. The van der Waals surface area contributed by atoms with Crippen molar-refractivity contribution >= 4 is 5.91 Å². The third-order valence-electron chi connectivity index (χ3n) is 4.02. The Morgan fingerprint density at radius 2 is 2.23 bits per heavy atom. The van der Waals surface area contributed by atoms with E-state index in [-0.39, 0.29) is 18.4 Å². The van der Waals surface area contributed by atoms with Crippen molar-refractivity contribution in [2.24, 2.45) is 0 Å². The number of ether oxygens (including phenoxy) is 1. The molecule has 1 fully saturated rings.